The third-order valence-electron chi connectivity index (χ3n) is 9.38. The van der Waals surface area contributed by atoms with Gasteiger partial charge < -0.3 is 9.15 Å². The van der Waals surface area contributed by atoms with Crippen molar-refractivity contribution in [1.82, 2.24) is 0 Å². The number of fused-ring (bicyclic) bond motifs is 4. The molecule has 6 aromatic rings. The van der Waals surface area contributed by atoms with Crippen molar-refractivity contribution in [2.75, 3.05) is 0 Å². The van der Waals surface area contributed by atoms with E-state index in [0.29, 0.717) is 0 Å². The van der Waals surface area contributed by atoms with Crippen LogP contribution in [0.15, 0.2) is 102 Å². The number of pyridine rings is 1. The van der Waals surface area contributed by atoms with E-state index in [9.17, 15) is 0 Å². The summed E-state index contributed by atoms with van der Waals surface area (Å²) in [6, 6.07) is 32.0. The topological polar surface area (TPSA) is 26.2 Å². The zero-order valence-corrected chi connectivity index (χ0v) is 25.4. The van der Waals surface area contributed by atoms with Gasteiger partial charge >= 0.3 is 0 Å². The van der Waals surface area contributed by atoms with Gasteiger partial charge in [-0.3, -0.25) is 0 Å². The van der Waals surface area contributed by atoms with E-state index >= 15 is 0 Å². The maximum Gasteiger partial charge on any atom is 0.216 e. The molecule has 0 spiro atoms. The first kappa shape index (κ1) is 26.5. The molecule has 0 N–H and O–H groups in total. The van der Waals surface area contributed by atoms with Crippen LogP contribution in [0.1, 0.15) is 57.2 Å². The molecule has 3 nitrogen and oxygen atoms in total. The Morgan fingerprint density at radius 1 is 0.690 bits per heavy atom. The van der Waals surface area contributed by atoms with Gasteiger partial charge in [-0.05, 0) is 83.2 Å². The monoisotopic (exact) mass is 552 g/mol. The molecule has 1 aliphatic carbocycles. The highest BCUT2D eigenvalue weighted by atomic mass is 16.5. The van der Waals surface area contributed by atoms with Gasteiger partial charge in [0, 0.05) is 28.5 Å². The molecular weight excluding hydrogens is 514 g/mol. The zero-order valence-electron chi connectivity index (χ0n) is 25.4. The maximum absolute atomic E-state index is 6.93. The number of para-hydroxylation sites is 1. The Bertz CT molecular complexity index is 1980. The minimum atomic E-state index is 0.109. The fraction of sp³-hybridized carbons (Fsp3) is 0.256. The van der Waals surface area contributed by atoms with Gasteiger partial charge in [0.15, 0.2) is 6.20 Å². The molecule has 1 aliphatic rings. The Kier molecular flexibility index (Phi) is 6.06. The molecule has 7 rings (SSSR count). The number of benzene rings is 4. The molecule has 0 bridgehead atoms. The molecule has 0 atom stereocenters. The largest absolute Gasteiger partial charge is 0.457 e. The van der Waals surface area contributed by atoms with E-state index in [2.05, 4.69) is 113 Å². The van der Waals surface area contributed by atoms with Crippen molar-refractivity contribution in [3.8, 4) is 33.9 Å². The summed E-state index contributed by atoms with van der Waals surface area (Å²) in [7, 11) is 2.09. The van der Waals surface area contributed by atoms with Gasteiger partial charge in [0.25, 0.3) is 0 Å². The lowest BCUT2D eigenvalue weighted by Gasteiger charge is -2.42. The third kappa shape index (κ3) is 4.30. The van der Waals surface area contributed by atoms with Crippen LogP contribution in [0.4, 0.5) is 0 Å². The molecule has 3 heteroatoms. The summed E-state index contributed by atoms with van der Waals surface area (Å²) in [6.07, 6.45) is 4.45. The van der Waals surface area contributed by atoms with Gasteiger partial charge in [-0.2, -0.15) is 0 Å². The van der Waals surface area contributed by atoms with E-state index in [-0.39, 0.29) is 10.8 Å². The fourth-order valence-electron chi connectivity index (χ4n) is 6.77. The Morgan fingerprint density at radius 2 is 1.43 bits per heavy atom. The van der Waals surface area contributed by atoms with Crippen molar-refractivity contribution in [3.05, 3.63) is 114 Å². The Labute approximate surface area is 248 Å². The van der Waals surface area contributed by atoms with Gasteiger partial charge in [-0.15, -0.1) is 0 Å². The van der Waals surface area contributed by atoms with Crippen molar-refractivity contribution in [2.45, 2.75) is 58.3 Å². The highest BCUT2D eigenvalue weighted by molar-refractivity contribution is 6.13. The smallest absolute Gasteiger partial charge is 0.216 e. The molecule has 0 saturated carbocycles. The Balaban J connectivity index is 1.52. The molecule has 0 amide bonds. The van der Waals surface area contributed by atoms with Crippen molar-refractivity contribution in [3.63, 3.8) is 0 Å². The first-order valence-electron chi connectivity index (χ1n) is 15.0. The first-order chi connectivity index (χ1) is 20.1. The number of hydrogen-bond acceptors (Lipinski definition) is 2. The number of furan rings is 1. The number of aromatic nitrogens is 1. The molecule has 0 radical (unpaired) electrons. The normalized spacial score (nSPS) is 15.6. The van der Waals surface area contributed by atoms with Gasteiger partial charge in [0.2, 0.25) is 5.69 Å². The summed E-state index contributed by atoms with van der Waals surface area (Å²) in [4.78, 5) is 0. The third-order valence-corrected chi connectivity index (χ3v) is 9.38. The lowest BCUT2D eigenvalue weighted by atomic mass is 9.63. The summed E-state index contributed by atoms with van der Waals surface area (Å²) in [5.41, 5.74) is 10.6. The lowest BCUT2D eigenvalue weighted by Crippen LogP contribution is -2.33. The van der Waals surface area contributed by atoms with Crippen LogP contribution in [0.25, 0.3) is 44.3 Å². The number of ether oxygens (including phenoxy) is 1. The second-order valence-electron chi connectivity index (χ2n) is 13.2. The van der Waals surface area contributed by atoms with Crippen molar-refractivity contribution in [2.24, 2.45) is 7.05 Å². The molecule has 2 aromatic heterocycles. The summed E-state index contributed by atoms with van der Waals surface area (Å²) < 4.78 is 15.6. The molecule has 2 heterocycles. The minimum Gasteiger partial charge on any atom is -0.457 e. The van der Waals surface area contributed by atoms with Crippen LogP contribution in [-0.2, 0) is 17.9 Å². The fourth-order valence-corrected chi connectivity index (χ4v) is 6.77. The first-order valence-corrected chi connectivity index (χ1v) is 15.0. The molecule has 0 saturated heterocycles. The van der Waals surface area contributed by atoms with Gasteiger partial charge in [0.1, 0.15) is 29.7 Å². The Hall–Kier alpha value is -4.37. The van der Waals surface area contributed by atoms with E-state index in [0.717, 1.165) is 55.8 Å². The van der Waals surface area contributed by atoms with Gasteiger partial charge in [-0.25, -0.2) is 4.57 Å². The number of rotatable bonds is 4. The number of nitrogens with zero attached hydrogens (tertiary/aromatic N) is 1. The summed E-state index contributed by atoms with van der Waals surface area (Å²) in [5.74, 6) is 1.62. The highest BCUT2D eigenvalue weighted by Gasteiger charge is 2.37. The lowest BCUT2D eigenvalue weighted by molar-refractivity contribution is -0.660. The molecule has 0 fully saturated rings. The van der Waals surface area contributed by atoms with Crippen LogP contribution in [0, 0.1) is 6.92 Å². The molecule has 210 valence electrons. The predicted molar refractivity (Wildman–Crippen MR) is 172 cm³/mol. The van der Waals surface area contributed by atoms with Crippen LogP contribution in [0.3, 0.4) is 0 Å². The quantitative estimate of drug-likeness (QED) is 0.203. The van der Waals surface area contributed by atoms with E-state index in [4.69, 9.17) is 9.15 Å². The van der Waals surface area contributed by atoms with Crippen LogP contribution in [0.2, 0.25) is 0 Å². The molecular formula is C39H38NO2+. The van der Waals surface area contributed by atoms with Crippen LogP contribution < -0.4 is 9.30 Å². The van der Waals surface area contributed by atoms with E-state index in [1.54, 1.807) is 0 Å². The second-order valence-corrected chi connectivity index (χ2v) is 13.2. The van der Waals surface area contributed by atoms with Crippen LogP contribution in [-0.4, -0.2) is 0 Å². The average Bonchev–Trinajstić information content (AvgIpc) is 3.34. The van der Waals surface area contributed by atoms with Crippen molar-refractivity contribution >= 4 is 21.9 Å². The molecule has 42 heavy (non-hydrogen) atoms. The average molecular weight is 553 g/mol. The Morgan fingerprint density at radius 3 is 2.19 bits per heavy atom. The van der Waals surface area contributed by atoms with Crippen molar-refractivity contribution < 1.29 is 13.7 Å². The van der Waals surface area contributed by atoms with Crippen LogP contribution >= 0.6 is 0 Å². The number of aryl methyl sites for hydroxylation is 2. The highest BCUT2D eigenvalue weighted by Crippen LogP contribution is 2.48. The predicted octanol–water partition coefficient (Wildman–Crippen LogP) is 10.2. The summed E-state index contributed by atoms with van der Waals surface area (Å²) in [5, 5.41) is 2.15. The van der Waals surface area contributed by atoms with E-state index < -0.39 is 0 Å². The molecule has 0 aliphatic heterocycles. The SMILES string of the molecule is Cc1ccc2c(oc3c(-c4ccc5c(c4)C(C)(C)CCC5(C)C)cc(Oc4ccccc4)cc32)c1-c1cccc[n+]1C. The van der Waals surface area contributed by atoms with Crippen LogP contribution in [0.5, 0.6) is 11.5 Å². The molecule has 0 unspecified atom stereocenters. The number of hydrogen-bond donors (Lipinski definition) is 0. The standard InChI is InChI=1S/C39H38NO2/c1-25-15-17-29-31-24-28(41-27-12-8-7-9-13-27)23-30(36(31)42-37(29)35(25)34-14-10-11-21-40(34)6)26-16-18-32-33(22-26)39(4,5)20-19-38(32,2)3/h7-18,21-24H,19-20H2,1-6H3/q+1. The van der Waals surface area contributed by atoms with Gasteiger partial charge in [0.05, 0.1) is 5.56 Å². The second kappa shape index (κ2) is 9.59. The zero-order chi connectivity index (χ0) is 29.2. The van der Waals surface area contributed by atoms with E-state index in [1.807, 2.05) is 30.3 Å². The summed E-state index contributed by atoms with van der Waals surface area (Å²) >= 11 is 0. The minimum absolute atomic E-state index is 0.109. The van der Waals surface area contributed by atoms with Crippen molar-refractivity contribution in [1.29, 1.82) is 0 Å². The maximum atomic E-state index is 6.93. The summed E-state index contributed by atoms with van der Waals surface area (Å²) in [6.45, 7) is 11.7. The van der Waals surface area contributed by atoms with Gasteiger partial charge in [-0.1, -0.05) is 76.2 Å². The van der Waals surface area contributed by atoms with E-state index in [1.165, 1.54) is 29.5 Å². The molecule has 4 aromatic carbocycles.